The van der Waals surface area contributed by atoms with E-state index in [9.17, 15) is 9.90 Å². The van der Waals surface area contributed by atoms with Crippen LogP contribution < -0.4 is 5.32 Å². The van der Waals surface area contributed by atoms with Gasteiger partial charge in [0.15, 0.2) is 0 Å². The van der Waals surface area contributed by atoms with Gasteiger partial charge in [-0.1, -0.05) is 0 Å². The average Bonchev–Trinajstić information content (AvgIpc) is 3.18. The van der Waals surface area contributed by atoms with Crippen molar-refractivity contribution in [3.8, 4) is 0 Å². The van der Waals surface area contributed by atoms with Gasteiger partial charge in [0.05, 0.1) is 6.26 Å². The van der Waals surface area contributed by atoms with Gasteiger partial charge in [-0.15, -0.1) is 0 Å². The highest BCUT2D eigenvalue weighted by Crippen LogP contribution is 2.28. The quantitative estimate of drug-likeness (QED) is 0.908. The van der Waals surface area contributed by atoms with Crippen LogP contribution in [0, 0.1) is 6.92 Å². The van der Waals surface area contributed by atoms with Crippen LogP contribution in [0.1, 0.15) is 36.8 Å². The van der Waals surface area contributed by atoms with Crippen molar-refractivity contribution in [3.05, 3.63) is 48.2 Å². The number of nitrogens with zero attached hydrogens (tertiary/aromatic N) is 2. The maximum absolute atomic E-state index is 12.5. The Morgan fingerprint density at radius 3 is 3.17 bits per heavy atom. The van der Waals surface area contributed by atoms with Crippen molar-refractivity contribution in [1.82, 2.24) is 9.88 Å². The Labute approximate surface area is 135 Å². The summed E-state index contributed by atoms with van der Waals surface area (Å²) < 4.78 is 5.23. The molecule has 6 nitrogen and oxygen atoms in total. The first kappa shape index (κ1) is 15.6. The minimum Gasteiger partial charge on any atom is -0.467 e. The number of amides is 2. The molecule has 3 heterocycles. The first-order chi connectivity index (χ1) is 11.1. The topological polar surface area (TPSA) is 78.6 Å². The first-order valence-corrected chi connectivity index (χ1v) is 7.85. The van der Waals surface area contributed by atoms with Gasteiger partial charge in [-0.25, -0.2) is 4.79 Å². The molecule has 3 rings (SSSR count). The number of nitrogens with one attached hydrogen (secondary N) is 1. The lowest BCUT2D eigenvalue weighted by atomic mass is 10.1. The second-order valence-corrected chi connectivity index (χ2v) is 5.87. The number of anilines is 1. The van der Waals surface area contributed by atoms with Crippen LogP contribution in [0.2, 0.25) is 0 Å². The number of carbonyl (C=O) groups excluding carboxylic acids is 1. The standard InChI is InChI=1S/C17H21N3O3/c1-12-10-13(6-7-18-12)19-17(22)20-8-2-4-14(20)11-15(21)16-5-3-9-23-16/h3,5-7,9-10,14-15,21H,2,4,8,11H2,1H3,(H,18,19,22). The zero-order valence-electron chi connectivity index (χ0n) is 13.1. The summed E-state index contributed by atoms with van der Waals surface area (Å²) >= 11 is 0. The van der Waals surface area contributed by atoms with E-state index in [1.54, 1.807) is 35.6 Å². The predicted octanol–water partition coefficient (Wildman–Crippen LogP) is 3.10. The van der Waals surface area contributed by atoms with Crippen LogP contribution in [0.3, 0.4) is 0 Å². The van der Waals surface area contributed by atoms with Crippen LogP contribution in [0.15, 0.2) is 41.1 Å². The van der Waals surface area contributed by atoms with Gasteiger partial charge in [-0.2, -0.15) is 0 Å². The first-order valence-electron chi connectivity index (χ1n) is 7.85. The van der Waals surface area contributed by atoms with E-state index in [0.29, 0.717) is 18.7 Å². The van der Waals surface area contributed by atoms with E-state index in [0.717, 1.165) is 24.2 Å². The third-order valence-corrected chi connectivity index (χ3v) is 4.15. The van der Waals surface area contributed by atoms with Crippen molar-refractivity contribution in [2.45, 2.75) is 38.3 Å². The number of urea groups is 1. The fourth-order valence-corrected chi connectivity index (χ4v) is 3.02. The number of likely N-dealkylation sites (tertiary alicyclic amines) is 1. The van der Waals surface area contributed by atoms with Crippen molar-refractivity contribution in [2.75, 3.05) is 11.9 Å². The number of aliphatic hydroxyl groups excluding tert-OH is 1. The summed E-state index contributed by atoms with van der Waals surface area (Å²) in [6.45, 7) is 2.58. The molecule has 0 bridgehead atoms. The van der Waals surface area contributed by atoms with Gasteiger partial charge in [-0.05, 0) is 44.0 Å². The van der Waals surface area contributed by atoms with E-state index in [1.807, 2.05) is 13.0 Å². The van der Waals surface area contributed by atoms with Crippen molar-refractivity contribution < 1.29 is 14.3 Å². The van der Waals surface area contributed by atoms with Gasteiger partial charge >= 0.3 is 6.03 Å². The number of hydrogen-bond acceptors (Lipinski definition) is 4. The minimum atomic E-state index is -0.688. The van der Waals surface area contributed by atoms with Crippen molar-refractivity contribution >= 4 is 11.7 Å². The molecule has 2 amide bonds. The number of carbonyl (C=O) groups is 1. The summed E-state index contributed by atoms with van der Waals surface area (Å²) in [6.07, 6.45) is 4.85. The number of furan rings is 1. The molecule has 2 atom stereocenters. The Morgan fingerprint density at radius 1 is 1.57 bits per heavy atom. The molecule has 0 spiro atoms. The SMILES string of the molecule is Cc1cc(NC(=O)N2CCCC2CC(O)c2ccco2)ccn1. The molecule has 23 heavy (non-hydrogen) atoms. The zero-order valence-corrected chi connectivity index (χ0v) is 13.1. The van der Waals surface area contributed by atoms with E-state index < -0.39 is 6.10 Å². The van der Waals surface area contributed by atoms with Crippen LogP contribution in [-0.2, 0) is 0 Å². The van der Waals surface area contributed by atoms with Gasteiger partial charge in [0.25, 0.3) is 0 Å². The maximum Gasteiger partial charge on any atom is 0.322 e. The van der Waals surface area contributed by atoms with Crippen LogP contribution in [0.4, 0.5) is 10.5 Å². The number of aryl methyl sites for hydroxylation is 1. The van der Waals surface area contributed by atoms with Gasteiger partial charge < -0.3 is 19.7 Å². The molecule has 0 saturated carbocycles. The highest BCUT2D eigenvalue weighted by molar-refractivity contribution is 5.89. The largest absolute Gasteiger partial charge is 0.467 e. The molecular formula is C17H21N3O3. The van der Waals surface area contributed by atoms with E-state index in [2.05, 4.69) is 10.3 Å². The van der Waals surface area contributed by atoms with Crippen LogP contribution in [-0.4, -0.2) is 33.6 Å². The Hall–Kier alpha value is -2.34. The molecule has 1 saturated heterocycles. The average molecular weight is 315 g/mol. The van der Waals surface area contributed by atoms with Gasteiger partial charge in [-0.3, -0.25) is 4.98 Å². The summed E-state index contributed by atoms with van der Waals surface area (Å²) in [6, 6.07) is 6.99. The fraction of sp³-hybridized carbons (Fsp3) is 0.412. The molecule has 2 aromatic rings. The number of aliphatic hydroxyl groups is 1. The van der Waals surface area contributed by atoms with Crippen LogP contribution >= 0.6 is 0 Å². The minimum absolute atomic E-state index is 0.0121. The molecule has 2 unspecified atom stereocenters. The Morgan fingerprint density at radius 2 is 2.43 bits per heavy atom. The molecule has 0 aromatic carbocycles. The van der Waals surface area contributed by atoms with E-state index >= 15 is 0 Å². The molecule has 2 aromatic heterocycles. The smallest absolute Gasteiger partial charge is 0.322 e. The number of aromatic nitrogens is 1. The van der Waals surface area contributed by atoms with Gasteiger partial charge in [0.2, 0.25) is 0 Å². The van der Waals surface area contributed by atoms with Crippen LogP contribution in [0.5, 0.6) is 0 Å². The Balaban J connectivity index is 1.63. The molecule has 0 radical (unpaired) electrons. The summed E-state index contributed by atoms with van der Waals surface area (Å²) in [5.41, 5.74) is 1.59. The third kappa shape index (κ3) is 3.71. The molecule has 122 valence electrons. The Kier molecular flexibility index (Phi) is 4.62. The summed E-state index contributed by atoms with van der Waals surface area (Å²) in [5.74, 6) is 0.544. The van der Waals surface area contributed by atoms with Crippen molar-refractivity contribution in [2.24, 2.45) is 0 Å². The van der Waals surface area contributed by atoms with E-state index in [1.165, 1.54) is 0 Å². The number of pyridine rings is 1. The summed E-state index contributed by atoms with van der Waals surface area (Å²) in [7, 11) is 0. The molecule has 1 fully saturated rings. The second-order valence-electron chi connectivity index (χ2n) is 5.87. The molecule has 2 N–H and O–H groups in total. The van der Waals surface area contributed by atoms with Crippen molar-refractivity contribution in [3.63, 3.8) is 0 Å². The molecule has 6 heteroatoms. The monoisotopic (exact) mass is 315 g/mol. The molecule has 1 aliphatic rings. The molecular weight excluding hydrogens is 294 g/mol. The highest BCUT2D eigenvalue weighted by Gasteiger charge is 2.31. The van der Waals surface area contributed by atoms with Crippen molar-refractivity contribution in [1.29, 1.82) is 0 Å². The molecule has 0 aliphatic carbocycles. The lowest BCUT2D eigenvalue weighted by Crippen LogP contribution is -2.39. The lowest BCUT2D eigenvalue weighted by Gasteiger charge is -2.26. The summed E-state index contributed by atoms with van der Waals surface area (Å²) in [4.78, 5) is 18.4. The molecule has 1 aliphatic heterocycles. The van der Waals surface area contributed by atoms with Gasteiger partial charge in [0, 0.05) is 36.6 Å². The maximum atomic E-state index is 12.5. The van der Waals surface area contributed by atoms with Crippen LogP contribution in [0.25, 0.3) is 0 Å². The lowest BCUT2D eigenvalue weighted by molar-refractivity contribution is 0.110. The second kappa shape index (κ2) is 6.83. The van der Waals surface area contributed by atoms with E-state index in [4.69, 9.17) is 4.42 Å². The Bertz CT molecular complexity index is 657. The normalized spacial score (nSPS) is 18.9. The van der Waals surface area contributed by atoms with E-state index in [-0.39, 0.29) is 12.1 Å². The summed E-state index contributed by atoms with van der Waals surface area (Å²) in [5, 5.41) is 13.1. The third-order valence-electron chi connectivity index (χ3n) is 4.15. The van der Waals surface area contributed by atoms with Gasteiger partial charge in [0.1, 0.15) is 11.9 Å². The fourth-order valence-electron chi connectivity index (χ4n) is 3.02. The zero-order chi connectivity index (χ0) is 16.2. The predicted molar refractivity (Wildman–Crippen MR) is 86.0 cm³/mol. The number of hydrogen-bond donors (Lipinski definition) is 2. The highest BCUT2D eigenvalue weighted by atomic mass is 16.4. The number of rotatable bonds is 4.